The Bertz CT molecular complexity index is 745. The molecule has 1 heterocycles. The molecule has 1 aromatic carbocycles. The van der Waals surface area contributed by atoms with E-state index in [0.29, 0.717) is 12.5 Å². The minimum Gasteiger partial charge on any atom is -0.357 e. The largest absolute Gasteiger partial charge is 0.357 e. The van der Waals surface area contributed by atoms with Crippen molar-refractivity contribution < 1.29 is 4.79 Å². The van der Waals surface area contributed by atoms with Crippen LogP contribution >= 0.6 is 24.0 Å². The molecule has 29 heavy (non-hydrogen) atoms. The average molecular weight is 512 g/mol. The number of hydrogen-bond acceptors (Lipinski definition) is 3. The third-order valence-electron chi connectivity index (χ3n) is 4.09. The molecule has 0 spiro atoms. The van der Waals surface area contributed by atoms with Crippen LogP contribution in [0.2, 0.25) is 0 Å². The van der Waals surface area contributed by atoms with Crippen molar-refractivity contribution in [2.45, 2.75) is 46.7 Å². The van der Waals surface area contributed by atoms with Crippen LogP contribution in [-0.4, -0.2) is 34.7 Å². The Balaban J connectivity index is 0.00000420. The summed E-state index contributed by atoms with van der Waals surface area (Å²) in [5.41, 5.74) is 1.80. The monoisotopic (exact) mass is 512 g/mol. The molecule has 0 bridgehead atoms. The Labute approximate surface area is 190 Å². The van der Waals surface area contributed by atoms with Gasteiger partial charge in [-0.1, -0.05) is 26.0 Å². The molecule has 8 heteroatoms. The van der Waals surface area contributed by atoms with Crippen LogP contribution in [-0.2, 0) is 17.9 Å². The van der Waals surface area contributed by atoms with Crippen molar-refractivity contribution in [1.29, 1.82) is 0 Å². The Morgan fingerprint density at radius 2 is 2.07 bits per heavy atom. The van der Waals surface area contributed by atoms with Crippen molar-refractivity contribution in [3.8, 4) is 0 Å². The summed E-state index contributed by atoms with van der Waals surface area (Å²) in [7, 11) is 0. The molecule has 0 aliphatic heterocycles. The molecule has 0 fully saturated rings. The third kappa shape index (κ3) is 10.3. The highest BCUT2D eigenvalue weighted by Gasteiger charge is 2.05. The van der Waals surface area contributed by atoms with Crippen molar-refractivity contribution in [3.63, 3.8) is 0 Å². The molecule has 0 aliphatic rings. The van der Waals surface area contributed by atoms with Crippen molar-refractivity contribution in [1.82, 2.24) is 20.4 Å². The molecule has 2 aromatic rings. The van der Waals surface area contributed by atoms with E-state index in [0.717, 1.165) is 36.7 Å². The molecular weight excluding hydrogens is 479 g/mol. The first-order valence-corrected chi connectivity index (χ1v) is 9.95. The Morgan fingerprint density at radius 3 is 2.76 bits per heavy atom. The average Bonchev–Trinajstić information content (AvgIpc) is 3.16. The molecule has 0 saturated carbocycles. The summed E-state index contributed by atoms with van der Waals surface area (Å²) in [6, 6.07) is 9.56. The molecule has 1 aromatic heterocycles. The van der Waals surface area contributed by atoms with E-state index in [2.05, 4.69) is 46.8 Å². The summed E-state index contributed by atoms with van der Waals surface area (Å²) in [5.74, 6) is 1.43. The van der Waals surface area contributed by atoms with Crippen molar-refractivity contribution >= 4 is 41.5 Å². The number of hydrogen-bond donors (Lipinski definition) is 3. The lowest BCUT2D eigenvalue weighted by Gasteiger charge is -2.12. The van der Waals surface area contributed by atoms with Crippen molar-refractivity contribution in [2.24, 2.45) is 10.9 Å². The number of amides is 1. The topological polar surface area (TPSA) is 83.3 Å². The summed E-state index contributed by atoms with van der Waals surface area (Å²) < 4.78 is 1.59. The van der Waals surface area contributed by atoms with Gasteiger partial charge in [0, 0.05) is 31.2 Å². The second kappa shape index (κ2) is 14.0. The number of aliphatic imine (C=N–C) groups is 1. The molecule has 7 nitrogen and oxygen atoms in total. The highest BCUT2D eigenvalue weighted by molar-refractivity contribution is 14.0. The number of nitrogens with zero attached hydrogens (tertiary/aromatic N) is 3. The number of guanidine groups is 1. The maximum atomic E-state index is 12.1. The fraction of sp³-hybridized carbons (Fsp3) is 0.476. The lowest BCUT2D eigenvalue weighted by molar-refractivity contribution is -0.116. The molecule has 0 atom stereocenters. The Hall–Kier alpha value is -2.10. The standard InChI is InChI=1S/C21H32N6O.HI/c1-4-22-21(23-11-6-8-17(2)3)24-15-18-9-5-10-19(14-18)26-20(28)16-27-13-7-12-25-27;/h5,7,9-10,12-14,17H,4,6,8,11,15-16H2,1-3H3,(H,26,28)(H2,22,23,24);1H. The number of anilines is 1. The highest BCUT2D eigenvalue weighted by atomic mass is 127. The summed E-state index contributed by atoms with van der Waals surface area (Å²) in [6.07, 6.45) is 5.75. The number of rotatable bonds is 10. The van der Waals surface area contributed by atoms with Gasteiger partial charge in [-0.15, -0.1) is 24.0 Å². The zero-order valence-electron chi connectivity index (χ0n) is 17.5. The van der Waals surface area contributed by atoms with Gasteiger partial charge in [0.25, 0.3) is 0 Å². The van der Waals surface area contributed by atoms with E-state index in [4.69, 9.17) is 0 Å². The van der Waals surface area contributed by atoms with E-state index < -0.39 is 0 Å². The quantitative estimate of drug-likeness (QED) is 0.197. The van der Waals surface area contributed by atoms with Crippen LogP contribution < -0.4 is 16.0 Å². The molecule has 0 unspecified atom stereocenters. The van der Waals surface area contributed by atoms with Gasteiger partial charge in [0.15, 0.2) is 5.96 Å². The van der Waals surface area contributed by atoms with E-state index in [-0.39, 0.29) is 36.4 Å². The summed E-state index contributed by atoms with van der Waals surface area (Å²) in [5, 5.41) is 13.6. The van der Waals surface area contributed by atoms with Gasteiger partial charge in [-0.25, -0.2) is 4.99 Å². The molecule has 160 valence electrons. The van der Waals surface area contributed by atoms with Crippen LogP contribution in [0.3, 0.4) is 0 Å². The predicted octanol–water partition coefficient (Wildman–Crippen LogP) is 3.63. The first-order chi connectivity index (χ1) is 13.6. The maximum absolute atomic E-state index is 12.1. The minimum atomic E-state index is -0.107. The number of carbonyl (C=O) groups is 1. The maximum Gasteiger partial charge on any atom is 0.246 e. The lowest BCUT2D eigenvalue weighted by Crippen LogP contribution is -2.37. The smallest absolute Gasteiger partial charge is 0.246 e. The van der Waals surface area contributed by atoms with Crippen LogP contribution in [0.4, 0.5) is 5.69 Å². The first-order valence-electron chi connectivity index (χ1n) is 9.95. The zero-order chi connectivity index (χ0) is 20.2. The van der Waals surface area contributed by atoms with Gasteiger partial charge in [-0.2, -0.15) is 5.10 Å². The fourth-order valence-electron chi connectivity index (χ4n) is 2.72. The zero-order valence-corrected chi connectivity index (χ0v) is 19.8. The molecule has 0 aliphatic carbocycles. The Morgan fingerprint density at radius 1 is 1.24 bits per heavy atom. The number of benzene rings is 1. The fourth-order valence-corrected chi connectivity index (χ4v) is 2.72. The van der Waals surface area contributed by atoms with E-state index in [1.807, 2.05) is 24.3 Å². The SMILES string of the molecule is CCNC(=NCc1cccc(NC(=O)Cn2cccn2)c1)NCCCC(C)C.I. The van der Waals surface area contributed by atoms with Crippen molar-refractivity contribution in [3.05, 3.63) is 48.3 Å². The highest BCUT2D eigenvalue weighted by Crippen LogP contribution is 2.12. The molecule has 0 radical (unpaired) electrons. The van der Waals surface area contributed by atoms with Gasteiger partial charge in [-0.05, 0) is 49.4 Å². The van der Waals surface area contributed by atoms with Crippen LogP contribution in [0.15, 0.2) is 47.7 Å². The van der Waals surface area contributed by atoms with E-state index >= 15 is 0 Å². The molecule has 1 amide bonds. The summed E-state index contributed by atoms with van der Waals surface area (Å²) in [6.45, 7) is 9.00. The predicted molar refractivity (Wildman–Crippen MR) is 130 cm³/mol. The van der Waals surface area contributed by atoms with Crippen LogP contribution in [0, 0.1) is 5.92 Å². The number of halogens is 1. The molecular formula is C21H33IN6O. The van der Waals surface area contributed by atoms with Crippen LogP contribution in [0.5, 0.6) is 0 Å². The van der Waals surface area contributed by atoms with E-state index in [9.17, 15) is 4.79 Å². The van der Waals surface area contributed by atoms with Crippen LogP contribution in [0.1, 0.15) is 39.2 Å². The summed E-state index contributed by atoms with van der Waals surface area (Å²) >= 11 is 0. The molecule has 0 saturated heterocycles. The van der Waals surface area contributed by atoms with Gasteiger partial charge in [0.05, 0.1) is 6.54 Å². The first kappa shape index (κ1) is 24.9. The van der Waals surface area contributed by atoms with Crippen molar-refractivity contribution in [2.75, 3.05) is 18.4 Å². The van der Waals surface area contributed by atoms with Gasteiger partial charge in [0.2, 0.25) is 5.91 Å². The second-order valence-corrected chi connectivity index (χ2v) is 7.11. The van der Waals surface area contributed by atoms with Gasteiger partial charge < -0.3 is 16.0 Å². The minimum absolute atomic E-state index is 0. The summed E-state index contributed by atoms with van der Waals surface area (Å²) in [4.78, 5) is 16.8. The van der Waals surface area contributed by atoms with Crippen LogP contribution in [0.25, 0.3) is 0 Å². The normalized spacial score (nSPS) is 11.1. The lowest BCUT2D eigenvalue weighted by atomic mass is 10.1. The van der Waals surface area contributed by atoms with Gasteiger partial charge in [-0.3, -0.25) is 9.48 Å². The van der Waals surface area contributed by atoms with E-state index in [1.165, 1.54) is 6.42 Å². The third-order valence-corrected chi connectivity index (χ3v) is 4.09. The number of nitrogens with one attached hydrogen (secondary N) is 3. The molecule has 3 N–H and O–H groups in total. The molecule has 2 rings (SSSR count). The van der Waals surface area contributed by atoms with Gasteiger partial charge in [0.1, 0.15) is 6.54 Å². The van der Waals surface area contributed by atoms with E-state index in [1.54, 1.807) is 23.1 Å². The second-order valence-electron chi connectivity index (χ2n) is 7.11. The Kier molecular flexibility index (Phi) is 12.0. The van der Waals surface area contributed by atoms with Gasteiger partial charge >= 0.3 is 0 Å². The number of carbonyl (C=O) groups excluding carboxylic acids is 1. The number of aromatic nitrogens is 2.